The van der Waals surface area contributed by atoms with Gasteiger partial charge in [-0.05, 0) is 18.2 Å². The standard InChI is InChI=1S/C19H17N3O4/c1-25-17-6-4-3-5-13(17)16(23)11-22-8-7-15-14(19(22)24)9-12(10-20)18(21-15)26-2/h3-9,16,23H,11H2,1-2H3/t16-/m1/s1. The number of para-hydroxylation sites is 1. The molecule has 1 aromatic carbocycles. The molecule has 1 atom stereocenters. The van der Waals surface area contributed by atoms with Crippen LogP contribution >= 0.6 is 0 Å². The first-order valence-corrected chi connectivity index (χ1v) is 7.88. The lowest BCUT2D eigenvalue weighted by Gasteiger charge is -2.16. The van der Waals surface area contributed by atoms with Gasteiger partial charge in [-0.1, -0.05) is 18.2 Å². The van der Waals surface area contributed by atoms with Crippen LogP contribution in [0, 0.1) is 11.3 Å². The van der Waals surface area contributed by atoms with Gasteiger partial charge in [-0.15, -0.1) is 0 Å². The number of methoxy groups -OCH3 is 2. The molecule has 7 nitrogen and oxygen atoms in total. The molecule has 3 aromatic rings. The number of hydrogen-bond donors (Lipinski definition) is 1. The molecule has 132 valence electrons. The molecule has 0 amide bonds. The Hall–Kier alpha value is -3.37. The SMILES string of the molecule is COc1ccccc1[C@H](O)Cn1ccc2nc(OC)c(C#N)cc2c1=O. The number of pyridine rings is 2. The van der Waals surface area contributed by atoms with Crippen molar-refractivity contribution in [1.82, 2.24) is 9.55 Å². The maximum atomic E-state index is 12.7. The Morgan fingerprint density at radius 2 is 2.04 bits per heavy atom. The number of aliphatic hydroxyl groups is 1. The molecule has 7 heteroatoms. The Morgan fingerprint density at radius 1 is 1.27 bits per heavy atom. The van der Waals surface area contributed by atoms with Crippen molar-refractivity contribution in [2.45, 2.75) is 12.6 Å². The highest BCUT2D eigenvalue weighted by molar-refractivity contribution is 5.79. The van der Waals surface area contributed by atoms with E-state index in [0.717, 1.165) is 0 Å². The summed E-state index contributed by atoms with van der Waals surface area (Å²) in [5, 5.41) is 20.0. The highest BCUT2D eigenvalue weighted by atomic mass is 16.5. The Morgan fingerprint density at radius 3 is 2.73 bits per heavy atom. The predicted molar refractivity (Wildman–Crippen MR) is 95.2 cm³/mol. The van der Waals surface area contributed by atoms with Gasteiger partial charge in [-0.25, -0.2) is 4.98 Å². The van der Waals surface area contributed by atoms with Crippen LogP contribution in [0.3, 0.4) is 0 Å². The van der Waals surface area contributed by atoms with E-state index in [0.29, 0.717) is 16.8 Å². The Balaban J connectivity index is 2.02. The summed E-state index contributed by atoms with van der Waals surface area (Å²) in [6.45, 7) is 0.0447. The zero-order valence-electron chi connectivity index (χ0n) is 14.3. The molecule has 0 saturated carbocycles. The fraction of sp³-hybridized carbons (Fsp3) is 0.211. The van der Waals surface area contributed by atoms with Gasteiger partial charge in [0.15, 0.2) is 0 Å². The third-order valence-electron chi connectivity index (χ3n) is 4.10. The molecule has 0 fully saturated rings. The average molecular weight is 351 g/mol. The Bertz CT molecular complexity index is 1050. The van der Waals surface area contributed by atoms with Crippen LogP contribution in [0.4, 0.5) is 0 Å². The third-order valence-corrected chi connectivity index (χ3v) is 4.10. The van der Waals surface area contributed by atoms with E-state index in [1.54, 1.807) is 36.5 Å². The van der Waals surface area contributed by atoms with E-state index in [1.807, 2.05) is 6.07 Å². The maximum Gasteiger partial charge on any atom is 0.260 e. The number of fused-ring (bicyclic) bond motifs is 1. The number of aliphatic hydroxyl groups excluding tert-OH is 1. The molecule has 0 spiro atoms. The first kappa shape index (κ1) is 17.5. The van der Waals surface area contributed by atoms with Crippen LogP contribution < -0.4 is 15.0 Å². The van der Waals surface area contributed by atoms with Crippen LogP contribution in [-0.4, -0.2) is 28.9 Å². The summed E-state index contributed by atoms with van der Waals surface area (Å²) in [4.78, 5) is 16.9. The molecule has 0 aliphatic rings. The van der Waals surface area contributed by atoms with Crippen molar-refractivity contribution in [3.63, 3.8) is 0 Å². The average Bonchev–Trinajstić information content (AvgIpc) is 2.69. The summed E-state index contributed by atoms with van der Waals surface area (Å²) < 4.78 is 11.7. The van der Waals surface area contributed by atoms with Gasteiger partial charge < -0.3 is 19.1 Å². The molecule has 0 aliphatic carbocycles. The predicted octanol–water partition coefficient (Wildman–Crippen LogP) is 2.02. The second-order valence-corrected chi connectivity index (χ2v) is 5.62. The minimum Gasteiger partial charge on any atom is -0.496 e. The molecule has 0 aliphatic heterocycles. The highest BCUT2D eigenvalue weighted by Gasteiger charge is 2.16. The largest absolute Gasteiger partial charge is 0.496 e. The summed E-state index contributed by atoms with van der Waals surface area (Å²) in [5.74, 6) is 0.721. The molecule has 3 rings (SSSR count). The number of ether oxygens (including phenoxy) is 2. The number of nitriles is 1. The normalized spacial score (nSPS) is 11.8. The molecule has 26 heavy (non-hydrogen) atoms. The minimum atomic E-state index is -0.928. The van der Waals surface area contributed by atoms with E-state index in [1.165, 1.54) is 24.9 Å². The van der Waals surface area contributed by atoms with Gasteiger partial charge in [-0.2, -0.15) is 5.26 Å². The van der Waals surface area contributed by atoms with Crippen molar-refractivity contribution in [1.29, 1.82) is 5.26 Å². The lowest BCUT2D eigenvalue weighted by atomic mass is 10.1. The van der Waals surface area contributed by atoms with E-state index >= 15 is 0 Å². The second-order valence-electron chi connectivity index (χ2n) is 5.62. The molecule has 0 radical (unpaired) electrons. The van der Waals surface area contributed by atoms with E-state index in [2.05, 4.69) is 4.98 Å². The van der Waals surface area contributed by atoms with E-state index in [-0.39, 0.29) is 28.9 Å². The first-order valence-electron chi connectivity index (χ1n) is 7.88. The molecular weight excluding hydrogens is 334 g/mol. The van der Waals surface area contributed by atoms with Crippen molar-refractivity contribution in [2.75, 3.05) is 14.2 Å². The minimum absolute atomic E-state index is 0.0447. The van der Waals surface area contributed by atoms with Crippen LogP contribution in [0.5, 0.6) is 11.6 Å². The monoisotopic (exact) mass is 351 g/mol. The lowest BCUT2D eigenvalue weighted by molar-refractivity contribution is 0.151. The van der Waals surface area contributed by atoms with Gasteiger partial charge in [0, 0.05) is 11.8 Å². The third kappa shape index (κ3) is 3.10. The van der Waals surface area contributed by atoms with Crippen LogP contribution in [0.1, 0.15) is 17.2 Å². The van der Waals surface area contributed by atoms with Crippen molar-refractivity contribution in [2.24, 2.45) is 0 Å². The number of benzene rings is 1. The summed E-state index contributed by atoms with van der Waals surface area (Å²) >= 11 is 0. The molecule has 2 heterocycles. The van der Waals surface area contributed by atoms with Crippen LogP contribution in [0.25, 0.3) is 10.9 Å². The number of hydrogen-bond acceptors (Lipinski definition) is 6. The topological polar surface area (TPSA) is 97.4 Å². The first-order chi connectivity index (χ1) is 12.6. The highest BCUT2D eigenvalue weighted by Crippen LogP contribution is 2.26. The fourth-order valence-corrected chi connectivity index (χ4v) is 2.80. The lowest BCUT2D eigenvalue weighted by Crippen LogP contribution is -2.23. The molecule has 0 saturated heterocycles. The van der Waals surface area contributed by atoms with Gasteiger partial charge in [0.05, 0.1) is 31.7 Å². The Labute approximate surface area is 149 Å². The maximum absolute atomic E-state index is 12.7. The molecule has 0 bridgehead atoms. The number of nitrogens with zero attached hydrogens (tertiary/aromatic N) is 3. The van der Waals surface area contributed by atoms with Crippen molar-refractivity contribution in [3.05, 3.63) is 64.1 Å². The van der Waals surface area contributed by atoms with Gasteiger partial charge in [0.25, 0.3) is 5.56 Å². The number of aromatic nitrogens is 2. The summed E-state index contributed by atoms with van der Waals surface area (Å²) in [5.41, 5.74) is 0.852. The van der Waals surface area contributed by atoms with E-state index in [9.17, 15) is 15.2 Å². The molecule has 2 aromatic heterocycles. The summed E-state index contributed by atoms with van der Waals surface area (Å²) in [6, 6.07) is 12.2. The van der Waals surface area contributed by atoms with Crippen molar-refractivity contribution >= 4 is 10.9 Å². The van der Waals surface area contributed by atoms with Crippen LogP contribution in [-0.2, 0) is 6.54 Å². The van der Waals surface area contributed by atoms with Gasteiger partial charge >= 0.3 is 0 Å². The Kier molecular flexibility index (Phi) is 4.87. The van der Waals surface area contributed by atoms with Gasteiger partial charge in [0.1, 0.15) is 23.5 Å². The van der Waals surface area contributed by atoms with E-state index < -0.39 is 6.10 Å². The molecular formula is C19H17N3O4. The number of rotatable bonds is 5. The zero-order valence-corrected chi connectivity index (χ0v) is 14.3. The van der Waals surface area contributed by atoms with Crippen molar-refractivity contribution in [3.8, 4) is 17.7 Å². The van der Waals surface area contributed by atoms with Crippen LogP contribution in [0.15, 0.2) is 47.4 Å². The van der Waals surface area contributed by atoms with E-state index in [4.69, 9.17) is 9.47 Å². The van der Waals surface area contributed by atoms with Crippen LogP contribution in [0.2, 0.25) is 0 Å². The summed E-state index contributed by atoms with van der Waals surface area (Å²) in [6.07, 6.45) is 0.630. The second kappa shape index (κ2) is 7.25. The molecule has 1 N–H and O–H groups in total. The zero-order chi connectivity index (χ0) is 18.7. The van der Waals surface area contributed by atoms with Gasteiger partial charge in [0.2, 0.25) is 5.88 Å². The molecule has 0 unspecified atom stereocenters. The van der Waals surface area contributed by atoms with Gasteiger partial charge in [-0.3, -0.25) is 4.79 Å². The quantitative estimate of drug-likeness (QED) is 0.755. The fourth-order valence-electron chi connectivity index (χ4n) is 2.80. The smallest absolute Gasteiger partial charge is 0.260 e. The summed E-state index contributed by atoms with van der Waals surface area (Å²) in [7, 11) is 2.94. The van der Waals surface area contributed by atoms with Crippen molar-refractivity contribution < 1.29 is 14.6 Å².